The molecule has 0 aliphatic heterocycles. The Hall–Kier alpha value is 0.463. The van der Waals surface area contributed by atoms with Gasteiger partial charge in [-0.3, -0.25) is 0 Å². The van der Waals surface area contributed by atoms with Crippen molar-refractivity contribution in [2.45, 2.75) is 38.9 Å². The first-order valence-corrected chi connectivity index (χ1v) is 4.51. The van der Waals surface area contributed by atoms with E-state index >= 15 is 0 Å². The molecule has 0 N–H and O–H groups in total. The van der Waals surface area contributed by atoms with Crippen molar-refractivity contribution in [3.8, 4) is 0 Å². The normalized spacial score (nSPS) is 11.2. The van der Waals surface area contributed by atoms with Crippen LogP contribution in [0.4, 0.5) is 0 Å². The minimum atomic E-state index is -0.922. The van der Waals surface area contributed by atoms with E-state index in [-0.39, 0.29) is 32.7 Å². The van der Waals surface area contributed by atoms with Crippen molar-refractivity contribution in [2.75, 3.05) is 27.4 Å². The minimum Gasteiger partial charge on any atom is -0.848 e. The van der Waals surface area contributed by atoms with E-state index in [0.717, 1.165) is 0 Å². The van der Waals surface area contributed by atoms with Gasteiger partial charge in [-0.1, -0.05) is 38.9 Å². The van der Waals surface area contributed by atoms with Crippen molar-refractivity contribution < 1.29 is 39.2 Å². The molecule has 0 saturated carbocycles. The summed E-state index contributed by atoms with van der Waals surface area (Å²) < 4.78 is 9.19. The molecule has 0 aromatic carbocycles. The van der Waals surface area contributed by atoms with Crippen molar-refractivity contribution in [1.29, 1.82) is 0 Å². The second kappa shape index (κ2) is 9.67. The molecular formula is C10H22O4Zn. The summed E-state index contributed by atoms with van der Waals surface area (Å²) in [5.74, 6) is 0. The fourth-order valence-electron chi connectivity index (χ4n) is 0.695. The maximum Gasteiger partial charge on any atom is 2.00 e. The van der Waals surface area contributed by atoms with E-state index in [0.29, 0.717) is 0 Å². The average Bonchev–Trinajstić information content (AvgIpc) is 1.81. The molecule has 0 fully saturated rings. The molecule has 0 bridgehead atoms. The van der Waals surface area contributed by atoms with Crippen LogP contribution in [0.5, 0.6) is 0 Å². The van der Waals surface area contributed by atoms with Crippen LogP contribution in [0.15, 0.2) is 0 Å². The summed E-state index contributed by atoms with van der Waals surface area (Å²) in [4.78, 5) is 0. The van der Waals surface area contributed by atoms with Crippen molar-refractivity contribution in [3.63, 3.8) is 0 Å². The Morgan fingerprint density at radius 1 is 0.800 bits per heavy atom. The quantitative estimate of drug-likeness (QED) is 0.649. The largest absolute Gasteiger partial charge is 2.00 e. The number of hydrogen-bond donors (Lipinski definition) is 0. The molecule has 0 rings (SSSR count). The Morgan fingerprint density at radius 3 is 1.00 bits per heavy atom. The third-order valence-electron chi connectivity index (χ3n) is 0.984. The number of methoxy groups -OCH3 is 2. The fraction of sp³-hybridized carbons (Fsp3) is 1.00. The van der Waals surface area contributed by atoms with E-state index < -0.39 is 11.2 Å². The molecular weight excluding hydrogens is 249 g/mol. The van der Waals surface area contributed by atoms with Gasteiger partial charge >= 0.3 is 19.5 Å². The first-order chi connectivity index (χ1) is 6.12. The molecule has 0 aliphatic rings. The summed E-state index contributed by atoms with van der Waals surface area (Å²) in [5.41, 5.74) is -1.84. The Kier molecular flexibility index (Phi) is 13.4. The summed E-state index contributed by atoms with van der Waals surface area (Å²) in [6.07, 6.45) is 0. The van der Waals surface area contributed by atoms with Crippen LogP contribution in [0.1, 0.15) is 27.7 Å². The Balaban J connectivity index is -0.000000180. The van der Waals surface area contributed by atoms with Crippen LogP contribution in [0.2, 0.25) is 0 Å². The molecule has 0 aliphatic carbocycles. The Labute approximate surface area is 106 Å². The van der Waals surface area contributed by atoms with Crippen LogP contribution in [-0.4, -0.2) is 38.6 Å². The average molecular weight is 272 g/mol. The Morgan fingerprint density at radius 2 is 1.00 bits per heavy atom. The molecule has 0 radical (unpaired) electrons. The zero-order valence-corrected chi connectivity index (χ0v) is 13.7. The van der Waals surface area contributed by atoms with Gasteiger partial charge in [0.15, 0.2) is 0 Å². The van der Waals surface area contributed by atoms with Crippen LogP contribution in [0, 0.1) is 0 Å². The molecule has 0 aromatic heterocycles. The van der Waals surface area contributed by atoms with Gasteiger partial charge in [-0.05, 0) is 0 Å². The van der Waals surface area contributed by atoms with E-state index in [9.17, 15) is 10.2 Å². The van der Waals surface area contributed by atoms with Gasteiger partial charge in [-0.25, -0.2) is 0 Å². The predicted octanol–water partition coefficient (Wildman–Crippen LogP) is -0.459. The standard InChI is InChI=1S/2C5H11O2.Zn/c2*1-5(2,6)4-7-3;/h2*4H2,1-3H3;/q2*-1;+2. The first-order valence-electron chi connectivity index (χ1n) is 4.51. The van der Waals surface area contributed by atoms with Crippen LogP contribution < -0.4 is 10.2 Å². The van der Waals surface area contributed by atoms with Gasteiger partial charge in [-0.2, -0.15) is 0 Å². The zero-order chi connectivity index (χ0) is 11.8. The number of hydrogen-bond acceptors (Lipinski definition) is 4. The summed E-state index contributed by atoms with van der Waals surface area (Å²) in [6, 6.07) is 0. The van der Waals surface area contributed by atoms with Crippen molar-refractivity contribution in [1.82, 2.24) is 0 Å². The molecule has 0 atom stereocenters. The molecule has 0 amide bonds. The summed E-state index contributed by atoms with van der Waals surface area (Å²) in [6.45, 7) is 6.94. The van der Waals surface area contributed by atoms with Gasteiger partial charge in [0, 0.05) is 27.4 Å². The Bertz CT molecular complexity index is 110. The number of rotatable bonds is 4. The van der Waals surface area contributed by atoms with Crippen molar-refractivity contribution >= 4 is 0 Å². The van der Waals surface area contributed by atoms with Gasteiger partial charge in [0.25, 0.3) is 0 Å². The monoisotopic (exact) mass is 270 g/mol. The van der Waals surface area contributed by atoms with Crippen molar-refractivity contribution in [3.05, 3.63) is 0 Å². The van der Waals surface area contributed by atoms with Gasteiger partial charge in [0.05, 0.1) is 0 Å². The van der Waals surface area contributed by atoms with E-state index in [1.807, 2.05) is 0 Å². The minimum absolute atomic E-state index is 0. The SMILES string of the molecule is COCC(C)(C)[O-].COCC(C)(C)[O-].[Zn+2]. The van der Waals surface area contributed by atoms with Gasteiger partial charge in [0.1, 0.15) is 0 Å². The van der Waals surface area contributed by atoms with Gasteiger partial charge < -0.3 is 19.7 Å². The predicted molar refractivity (Wildman–Crippen MR) is 51.9 cm³/mol. The molecule has 5 heteroatoms. The molecule has 88 valence electrons. The molecule has 0 aromatic rings. The summed E-state index contributed by atoms with van der Waals surface area (Å²) in [5, 5.41) is 21.2. The topological polar surface area (TPSA) is 64.6 Å². The second-order valence-corrected chi connectivity index (χ2v) is 4.39. The van der Waals surface area contributed by atoms with E-state index in [1.54, 1.807) is 27.7 Å². The van der Waals surface area contributed by atoms with Crippen LogP contribution in [0.3, 0.4) is 0 Å². The van der Waals surface area contributed by atoms with Crippen LogP contribution in [-0.2, 0) is 29.0 Å². The molecule has 0 saturated heterocycles. The molecule has 0 unspecified atom stereocenters. The maximum absolute atomic E-state index is 10.6. The van der Waals surface area contributed by atoms with Crippen LogP contribution in [0.25, 0.3) is 0 Å². The number of ether oxygens (including phenoxy) is 2. The smallest absolute Gasteiger partial charge is 0.848 e. The zero-order valence-electron chi connectivity index (χ0n) is 10.8. The fourth-order valence-corrected chi connectivity index (χ4v) is 0.695. The van der Waals surface area contributed by atoms with E-state index in [4.69, 9.17) is 0 Å². The van der Waals surface area contributed by atoms with Crippen molar-refractivity contribution in [2.24, 2.45) is 0 Å². The van der Waals surface area contributed by atoms with E-state index in [2.05, 4.69) is 9.47 Å². The van der Waals surface area contributed by atoms with Crippen LogP contribution >= 0.6 is 0 Å². The molecule has 0 spiro atoms. The van der Waals surface area contributed by atoms with E-state index in [1.165, 1.54) is 14.2 Å². The summed E-state index contributed by atoms with van der Waals surface area (Å²) in [7, 11) is 3.05. The maximum atomic E-state index is 10.6. The van der Waals surface area contributed by atoms with Gasteiger partial charge in [-0.15, -0.1) is 0 Å². The molecule has 4 nitrogen and oxygen atoms in total. The van der Waals surface area contributed by atoms with Gasteiger partial charge in [0.2, 0.25) is 0 Å². The second-order valence-electron chi connectivity index (χ2n) is 4.39. The third-order valence-corrected chi connectivity index (χ3v) is 0.984. The third kappa shape index (κ3) is 31.4. The summed E-state index contributed by atoms with van der Waals surface area (Å²) >= 11 is 0. The molecule has 0 heterocycles. The first kappa shape index (κ1) is 20.8. The molecule has 15 heavy (non-hydrogen) atoms.